The molecule has 6 nitrogen and oxygen atoms in total. The molecule has 0 saturated carbocycles. The highest BCUT2D eigenvalue weighted by Crippen LogP contribution is 2.11. The van der Waals surface area contributed by atoms with E-state index in [1.165, 1.54) is 18.2 Å². The molecule has 0 spiro atoms. The van der Waals surface area contributed by atoms with E-state index in [0.717, 1.165) is 6.07 Å². The summed E-state index contributed by atoms with van der Waals surface area (Å²) in [6.45, 7) is -0.00384. The predicted octanol–water partition coefficient (Wildman–Crippen LogP) is 0.577. The summed E-state index contributed by atoms with van der Waals surface area (Å²) in [4.78, 5) is 10.6. The van der Waals surface area contributed by atoms with Crippen molar-refractivity contribution in [2.24, 2.45) is 0 Å². The van der Waals surface area contributed by atoms with E-state index >= 15 is 0 Å². The van der Waals surface area contributed by atoms with Gasteiger partial charge in [0.05, 0.1) is 16.5 Å². The minimum Gasteiger partial charge on any atom is -0.478 e. The fourth-order valence-electron chi connectivity index (χ4n) is 1.12. The minimum absolute atomic E-state index is 0.00384. The second kappa shape index (κ2) is 5.43. The Hall–Kier alpha value is -1.91. The van der Waals surface area contributed by atoms with Crippen molar-refractivity contribution in [3.63, 3.8) is 0 Å². The Labute approximate surface area is 98.6 Å². The second-order valence-corrected chi connectivity index (χ2v) is 4.91. The average molecular weight is 254 g/mol. The highest BCUT2D eigenvalue weighted by molar-refractivity contribution is 7.89. The maximum Gasteiger partial charge on any atom is 0.335 e. The molecule has 0 aliphatic rings. The minimum atomic E-state index is -3.75. The Morgan fingerprint density at radius 1 is 1.47 bits per heavy atom. The number of hydrogen-bond donors (Lipinski definition) is 2. The van der Waals surface area contributed by atoms with Crippen molar-refractivity contribution in [3.05, 3.63) is 29.8 Å². The van der Waals surface area contributed by atoms with Crippen LogP contribution in [0, 0.1) is 11.3 Å². The molecule has 0 unspecified atom stereocenters. The lowest BCUT2D eigenvalue weighted by Crippen LogP contribution is -2.24. The fourth-order valence-corrected chi connectivity index (χ4v) is 2.20. The van der Waals surface area contributed by atoms with E-state index in [2.05, 4.69) is 4.72 Å². The van der Waals surface area contributed by atoms with Crippen LogP contribution in [0.25, 0.3) is 0 Å². The predicted molar refractivity (Wildman–Crippen MR) is 58.8 cm³/mol. The maximum absolute atomic E-state index is 11.7. The third-order valence-electron chi connectivity index (χ3n) is 1.92. The van der Waals surface area contributed by atoms with Crippen molar-refractivity contribution in [3.8, 4) is 6.07 Å². The van der Waals surface area contributed by atoms with Crippen molar-refractivity contribution >= 4 is 16.0 Å². The number of aromatic carboxylic acids is 1. The summed E-state index contributed by atoms with van der Waals surface area (Å²) in [6, 6.07) is 6.81. The van der Waals surface area contributed by atoms with Crippen molar-refractivity contribution in [2.75, 3.05) is 6.54 Å². The molecule has 0 fully saturated rings. The van der Waals surface area contributed by atoms with Crippen LogP contribution >= 0.6 is 0 Å². The molecule has 2 N–H and O–H groups in total. The van der Waals surface area contributed by atoms with E-state index in [-0.39, 0.29) is 23.4 Å². The molecule has 1 aromatic carbocycles. The van der Waals surface area contributed by atoms with Gasteiger partial charge in [-0.3, -0.25) is 0 Å². The lowest BCUT2D eigenvalue weighted by Gasteiger charge is -2.05. The first-order valence-electron chi connectivity index (χ1n) is 4.67. The Morgan fingerprint density at radius 2 is 2.18 bits per heavy atom. The second-order valence-electron chi connectivity index (χ2n) is 3.14. The Balaban J connectivity index is 2.96. The number of carboxylic acids is 1. The van der Waals surface area contributed by atoms with Gasteiger partial charge in [0.15, 0.2) is 0 Å². The van der Waals surface area contributed by atoms with E-state index in [9.17, 15) is 13.2 Å². The first-order valence-corrected chi connectivity index (χ1v) is 6.15. The molecule has 0 amide bonds. The van der Waals surface area contributed by atoms with E-state index in [4.69, 9.17) is 10.4 Å². The van der Waals surface area contributed by atoms with Gasteiger partial charge in [-0.05, 0) is 18.2 Å². The molecular weight excluding hydrogens is 244 g/mol. The van der Waals surface area contributed by atoms with Crippen molar-refractivity contribution in [2.45, 2.75) is 11.3 Å². The smallest absolute Gasteiger partial charge is 0.335 e. The number of sulfonamides is 1. The number of rotatable bonds is 5. The third kappa shape index (κ3) is 3.55. The van der Waals surface area contributed by atoms with E-state index in [1.807, 2.05) is 0 Å². The Bertz CT molecular complexity index is 560. The summed E-state index contributed by atoms with van der Waals surface area (Å²) in [5, 5.41) is 17.0. The molecular formula is C10H10N2O4S. The van der Waals surface area contributed by atoms with Crippen LogP contribution in [-0.2, 0) is 10.0 Å². The quantitative estimate of drug-likeness (QED) is 0.747. The van der Waals surface area contributed by atoms with Gasteiger partial charge in [0.25, 0.3) is 0 Å². The molecule has 90 valence electrons. The van der Waals surface area contributed by atoms with Crippen LogP contribution in [-0.4, -0.2) is 26.0 Å². The van der Waals surface area contributed by atoms with Crippen LogP contribution in [0.2, 0.25) is 0 Å². The van der Waals surface area contributed by atoms with Gasteiger partial charge >= 0.3 is 5.97 Å². The number of hydrogen-bond acceptors (Lipinski definition) is 4. The van der Waals surface area contributed by atoms with E-state index < -0.39 is 16.0 Å². The first-order chi connectivity index (χ1) is 7.97. The van der Waals surface area contributed by atoms with E-state index in [1.54, 1.807) is 6.07 Å². The molecule has 0 radical (unpaired) electrons. The zero-order valence-corrected chi connectivity index (χ0v) is 9.57. The van der Waals surface area contributed by atoms with Crippen LogP contribution in [0.15, 0.2) is 29.2 Å². The van der Waals surface area contributed by atoms with Gasteiger partial charge in [0.1, 0.15) is 0 Å². The summed E-state index contributed by atoms with van der Waals surface area (Å²) in [7, 11) is -3.75. The van der Waals surface area contributed by atoms with Crippen molar-refractivity contribution in [1.82, 2.24) is 4.72 Å². The molecule has 7 heteroatoms. The summed E-state index contributed by atoms with van der Waals surface area (Å²) in [5.41, 5.74) is -0.104. The van der Waals surface area contributed by atoms with Crippen LogP contribution in [0.3, 0.4) is 0 Å². The molecule has 0 bridgehead atoms. The summed E-state index contributed by atoms with van der Waals surface area (Å²) in [6.07, 6.45) is 0.0534. The normalized spacial score (nSPS) is 10.8. The third-order valence-corrected chi connectivity index (χ3v) is 3.38. The van der Waals surface area contributed by atoms with Gasteiger partial charge in [-0.1, -0.05) is 6.07 Å². The SMILES string of the molecule is N#CCCNS(=O)(=O)c1cccc(C(=O)O)c1. The molecule has 0 aromatic heterocycles. The van der Waals surface area contributed by atoms with Crippen LogP contribution in [0.5, 0.6) is 0 Å². The van der Waals surface area contributed by atoms with Crippen molar-refractivity contribution < 1.29 is 18.3 Å². The first kappa shape index (κ1) is 13.2. The van der Waals surface area contributed by atoms with Gasteiger partial charge in [-0.25, -0.2) is 17.9 Å². The molecule has 0 aliphatic heterocycles. The molecule has 17 heavy (non-hydrogen) atoms. The van der Waals surface area contributed by atoms with Crippen LogP contribution < -0.4 is 4.72 Å². The zero-order valence-electron chi connectivity index (χ0n) is 8.75. The summed E-state index contributed by atoms with van der Waals surface area (Å²) >= 11 is 0. The number of nitrogens with zero attached hydrogens (tertiary/aromatic N) is 1. The molecule has 1 rings (SSSR count). The topological polar surface area (TPSA) is 107 Å². The Morgan fingerprint density at radius 3 is 2.76 bits per heavy atom. The Kier molecular flexibility index (Phi) is 4.20. The van der Waals surface area contributed by atoms with Gasteiger partial charge in [-0.15, -0.1) is 0 Å². The summed E-state index contributed by atoms with van der Waals surface area (Å²) < 4.78 is 25.5. The zero-order chi connectivity index (χ0) is 12.9. The highest BCUT2D eigenvalue weighted by Gasteiger charge is 2.15. The number of carboxylic acid groups (broad SMARTS) is 1. The lowest BCUT2D eigenvalue weighted by atomic mass is 10.2. The van der Waals surface area contributed by atoms with E-state index in [0.29, 0.717) is 0 Å². The monoisotopic (exact) mass is 254 g/mol. The standard InChI is InChI=1S/C10H10N2O4S/c11-5-2-6-12-17(15,16)9-4-1-3-8(7-9)10(13)14/h1,3-4,7,12H,2,6H2,(H,13,14). The molecule has 0 saturated heterocycles. The van der Waals surface area contributed by atoms with Gasteiger partial charge < -0.3 is 5.11 Å². The molecule has 0 heterocycles. The largest absolute Gasteiger partial charge is 0.478 e. The number of benzene rings is 1. The maximum atomic E-state index is 11.7. The van der Waals surface area contributed by atoms with Gasteiger partial charge in [0.2, 0.25) is 10.0 Å². The van der Waals surface area contributed by atoms with Crippen LogP contribution in [0.4, 0.5) is 0 Å². The molecule has 0 atom stereocenters. The molecule has 1 aromatic rings. The fraction of sp³-hybridized carbons (Fsp3) is 0.200. The van der Waals surface area contributed by atoms with Crippen LogP contribution in [0.1, 0.15) is 16.8 Å². The van der Waals surface area contributed by atoms with Gasteiger partial charge in [-0.2, -0.15) is 5.26 Å². The average Bonchev–Trinajstić information content (AvgIpc) is 2.29. The number of carbonyl (C=O) groups is 1. The van der Waals surface area contributed by atoms with Gasteiger partial charge in [0, 0.05) is 13.0 Å². The summed E-state index contributed by atoms with van der Waals surface area (Å²) in [5.74, 6) is -1.20. The number of nitriles is 1. The number of nitrogens with one attached hydrogen (secondary N) is 1. The highest BCUT2D eigenvalue weighted by atomic mass is 32.2. The lowest BCUT2D eigenvalue weighted by molar-refractivity contribution is 0.0696. The van der Waals surface area contributed by atoms with Crippen molar-refractivity contribution in [1.29, 1.82) is 5.26 Å². The molecule has 0 aliphatic carbocycles.